The van der Waals surface area contributed by atoms with E-state index in [1.54, 1.807) is 6.07 Å². The van der Waals surface area contributed by atoms with Gasteiger partial charge in [-0.05, 0) is 38.4 Å². The van der Waals surface area contributed by atoms with Gasteiger partial charge in [-0.3, -0.25) is 4.79 Å². The average molecular weight is 449 g/mol. The van der Waals surface area contributed by atoms with Crippen molar-refractivity contribution in [3.8, 4) is 0 Å². The second-order valence-electron chi connectivity index (χ2n) is 8.07. The van der Waals surface area contributed by atoms with Gasteiger partial charge in [0, 0.05) is 43.8 Å². The number of carbonyl (C=O) groups is 2. The van der Waals surface area contributed by atoms with E-state index in [0.717, 1.165) is 45.6 Å². The smallest absolute Gasteiger partial charge is 0.341 e. The molecule has 1 aliphatic heterocycles. The molecule has 0 amide bonds. The van der Waals surface area contributed by atoms with Gasteiger partial charge in [0.05, 0.1) is 11.2 Å². The van der Waals surface area contributed by atoms with Gasteiger partial charge in [-0.25, -0.2) is 14.0 Å². The third-order valence-electron chi connectivity index (χ3n) is 5.79. The molecule has 1 saturated heterocycles. The van der Waals surface area contributed by atoms with Crippen molar-refractivity contribution in [1.82, 2.24) is 9.47 Å². The highest BCUT2D eigenvalue weighted by Gasteiger charge is 2.28. The van der Waals surface area contributed by atoms with Crippen LogP contribution in [0.15, 0.2) is 23.1 Å². The van der Waals surface area contributed by atoms with Gasteiger partial charge in [0.1, 0.15) is 17.5 Å². The Balaban J connectivity index is 0.000000427. The lowest BCUT2D eigenvalue weighted by atomic mass is 10.1. The largest absolute Gasteiger partial charge is 0.479 e. The normalized spacial score (nSPS) is 17.6. The van der Waals surface area contributed by atoms with Crippen molar-refractivity contribution >= 4 is 28.5 Å². The van der Waals surface area contributed by atoms with Gasteiger partial charge in [-0.15, -0.1) is 0 Å². The van der Waals surface area contributed by atoms with Gasteiger partial charge in [0.2, 0.25) is 5.43 Å². The molecule has 2 aromatic rings. The molecule has 9 nitrogen and oxygen atoms in total. The van der Waals surface area contributed by atoms with E-state index in [1.165, 1.54) is 19.2 Å². The van der Waals surface area contributed by atoms with Crippen LogP contribution in [0.25, 0.3) is 10.9 Å². The van der Waals surface area contributed by atoms with Crippen LogP contribution in [-0.4, -0.2) is 75.6 Å². The Morgan fingerprint density at radius 1 is 1.16 bits per heavy atom. The number of pyridine rings is 1. The Morgan fingerprint density at radius 2 is 1.75 bits per heavy atom. The number of aliphatic hydroxyl groups is 1. The van der Waals surface area contributed by atoms with Crippen molar-refractivity contribution in [2.45, 2.75) is 38.8 Å². The van der Waals surface area contributed by atoms with Crippen LogP contribution in [0.2, 0.25) is 0 Å². The Hall–Kier alpha value is -2.98. The third kappa shape index (κ3) is 5.08. The molecule has 0 spiro atoms. The minimum Gasteiger partial charge on any atom is -0.479 e. The van der Waals surface area contributed by atoms with Crippen LogP contribution < -0.4 is 10.3 Å². The Kier molecular flexibility index (Phi) is 7.15. The number of nitrogens with zero attached hydrogens (tertiary/aromatic N) is 3. The first-order valence-electron chi connectivity index (χ1n) is 10.6. The highest BCUT2D eigenvalue weighted by atomic mass is 19.1. The molecule has 2 aliphatic rings. The Bertz CT molecular complexity index is 1070. The molecule has 1 aliphatic carbocycles. The van der Waals surface area contributed by atoms with Crippen molar-refractivity contribution in [2.24, 2.45) is 0 Å². The summed E-state index contributed by atoms with van der Waals surface area (Å²) in [7, 11) is 0. The summed E-state index contributed by atoms with van der Waals surface area (Å²) in [5, 5.41) is 25.2. The van der Waals surface area contributed by atoms with E-state index in [1.807, 2.05) is 9.47 Å². The van der Waals surface area contributed by atoms with E-state index in [-0.39, 0.29) is 17.0 Å². The molecule has 0 bridgehead atoms. The molecule has 1 aromatic heterocycles. The van der Waals surface area contributed by atoms with Crippen LogP contribution in [0.1, 0.15) is 43.1 Å². The molecule has 1 aromatic carbocycles. The SMILES string of the molecule is CC(O)C(=O)O.CCN1CCN(c2cc3c(cc2F)c(=O)c(C(=O)O)cn3C2CC2)CC1. The molecule has 1 unspecified atom stereocenters. The van der Waals surface area contributed by atoms with E-state index in [9.17, 15) is 23.9 Å². The molecule has 4 rings (SSSR count). The molecule has 3 N–H and O–H groups in total. The summed E-state index contributed by atoms with van der Waals surface area (Å²) < 4.78 is 16.6. The summed E-state index contributed by atoms with van der Waals surface area (Å²) >= 11 is 0. The summed E-state index contributed by atoms with van der Waals surface area (Å²) in [6.07, 6.45) is 2.07. The maximum atomic E-state index is 14.8. The second kappa shape index (κ2) is 9.66. The zero-order valence-electron chi connectivity index (χ0n) is 18.1. The lowest BCUT2D eigenvalue weighted by molar-refractivity contribution is -0.145. The molecule has 0 radical (unpaired) electrons. The maximum Gasteiger partial charge on any atom is 0.341 e. The Labute approximate surface area is 184 Å². The Morgan fingerprint density at radius 3 is 2.22 bits per heavy atom. The first kappa shape index (κ1) is 23.7. The predicted octanol–water partition coefficient (Wildman–Crippen LogP) is 1.77. The number of carboxylic acid groups (broad SMARTS) is 2. The van der Waals surface area contributed by atoms with Gasteiger partial charge < -0.3 is 29.7 Å². The van der Waals surface area contributed by atoms with Crippen LogP contribution >= 0.6 is 0 Å². The molecule has 10 heteroatoms. The first-order chi connectivity index (χ1) is 15.1. The maximum absolute atomic E-state index is 14.8. The molecule has 1 atom stereocenters. The van der Waals surface area contributed by atoms with Crippen molar-refractivity contribution in [2.75, 3.05) is 37.6 Å². The summed E-state index contributed by atoms with van der Waals surface area (Å²) in [6, 6.07) is 3.12. The van der Waals surface area contributed by atoms with Gasteiger partial charge in [0.15, 0.2) is 0 Å². The van der Waals surface area contributed by atoms with E-state index in [4.69, 9.17) is 10.2 Å². The van der Waals surface area contributed by atoms with Crippen molar-refractivity contribution < 1.29 is 29.3 Å². The van der Waals surface area contributed by atoms with Crippen LogP contribution in [0.3, 0.4) is 0 Å². The number of benzene rings is 1. The number of hydrogen-bond donors (Lipinski definition) is 3. The zero-order chi connectivity index (χ0) is 23.6. The topological polar surface area (TPSA) is 123 Å². The molecule has 32 heavy (non-hydrogen) atoms. The number of piperazine rings is 1. The number of aromatic carboxylic acids is 1. The fourth-order valence-corrected chi connectivity index (χ4v) is 3.71. The number of fused-ring (bicyclic) bond motifs is 1. The number of rotatable bonds is 5. The minimum absolute atomic E-state index is 0.144. The molecule has 2 fully saturated rings. The van der Waals surface area contributed by atoms with Crippen LogP contribution in [0, 0.1) is 5.82 Å². The van der Waals surface area contributed by atoms with E-state index in [2.05, 4.69) is 11.8 Å². The highest BCUT2D eigenvalue weighted by Crippen LogP contribution is 2.38. The number of aromatic nitrogens is 1. The number of anilines is 1. The lowest BCUT2D eigenvalue weighted by Gasteiger charge is -2.35. The first-order valence-corrected chi connectivity index (χ1v) is 10.6. The van der Waals surface area contributed by atoms with Gasteiger partial charge in [0.25, 0.3) is 0 Å². The predicted molar refractivity (Wildman–Crippen MR) is 117 cm³/mol. The zero-order valence-corrected chi connectivity index (χ0v) is 18.1. The number of aliphatic hydroxyl groups excluding tert-OH is 1. The quantitative estimate of drug-likeness (QED) is 0.631. The fraction of sp³-hybridized carbons (Fsp3) is 0.500. The number of likely N-dealkylation sites (N-methyl/N-ethyl adjacent to an activating group) is 1. The van der Waals surface area contributed by atoms with Gasteiger partial charge in [-0.2, -0.15) is 0 Å². The van der Waals surface area contributed by atoms with Crippen molar-refractivity contribution in [1.29, 1.82) is 0 Å². The lowest BCUT2D eigenvalue weighted by Crippen LogP contribution is -2.46. The second-order valence-corrected chi connectivity index (χ2v) is 8.07. The van der Waals surface area contributed by atoms with E-state index < -0.39 is 29.3 Å². The molecular weight excluding hydrogens is 421 g/mol. The fourth-order valence-electron chi connectivity index (χ4n) is 3.71. The summed E-state index contributed by atoms with van der Waals surface area (Å²) in [6.45, 7) is 7.51. The van der Waals surface area contributed by atoms with E-state index in [0.29, 0.717) is 11.2 Å². The van der Waals surface area contributed by atoms with Crippen LogP contribution in [-0.2, 0) is 4.79 Å². The number of hydrogen-bond acceptors (Lipinski definition) is 6. The van der Waals surface area contributed by atoms with Gasteiger partial charge >= 0.3 is 11.9 Å². The minimum atomic E-state index is -1.27. The third-order valence-corrected chi connectivity index (χ3v) is 5.79. The van der Waals surface area contributed by atoms with Crippen LogP contribution in [0.4, 0.5) is 10.1 Å². The summed E-state index contributed by atoms with van der Waals surface area (Å²) in [4.78, 5) is 37.7. The van der Waals surface area contributed by atoms with Crippen molar-refractivity contribution in [3.05, 3.63) is 39.9 Å². The monoisotopic (exact) mass is 449 g/mol. The van der Waals surface area contributed by atoms with Gasteiger partial charge in [-0.1, -0.05) is 6.92 Å². The average Bonchev–Trinajstić information content (AvgIpc) is 3.59. The molecule has 1 saturated carbocycles. The number of carboxylic acids is 2. The van der Waals surface area contributed by atoms with Crippen molar-refractivity contribution in [3.63, 3.8) is 0 Å². The molecular formula is C22H28FN3O6. The molecule has 174 valence electrons. The molecule has 2 heterocycles. The highest BCUT2D eigenvalue weighted by molar-refractivity contribution is 5.93. The summed E-state index contributed by atoms with van der Waals surface area (Å²) in [5.41, 5.74) is 0.195. The number of halogens is 1. The standard InChI is InChI=1S/C19H22FN3O3.C3H6O3/c1-2-21-5-7-22(8-6-21)17-10-16-13(9-15(17)20)18(24)14(19(25)26)11-23(16)12-3-4-12;1-2(4)3(5)6/h9-12H,2-8H2,1H3,(H,25,26);2,4H,1H3,(H,5,6). The number of aliphatic carboxylic acids is 1. The summed E-state index contributed by atoms with van der Waals surface area (Å²) in [5.74, 6) is -2.93. The van der Waals surface area contributed by atoms with E-state index >= 15 is 0 Å². The van der Waals surface area contributed by atoms with Crippen LogP contribution in [0.5, 0.6) is 0 Å².